The molecule has 0 fully saturated rings. The Morgan fingerprint density at radius 3 is 2.71 bits per heavy atom. The van der Waals surface area contributed by atoms with Crippen LogP contribution in [0.5, 0.6) is 0 Å². The summed E-state index contributed by atoms with van der Waals surface area (Å²) < 4.78 is 28.3. The van der Waals surface area contributed by atoms with Crippen LogP contribution in [0.2, 0.25) is 0 Å². The van der Waals surface area contributed by atoms with Gasteiger partial charge >= 0.3 is 0 Å². The monoisotopic (exact) mass is 317 g/mol. The molecule has 0 aromatic carbocycles. The lowest BCUT2D eigenvalue weighted by Crippen LogP contribution is -2.31. The van der Waals surface area contributed by atoms with Crippen LogP contribution in [-0.4, -0.2) is 63.4 Å². The molecule has 1 rings (SSSR count). The van der Waals surface area contributed by atoms with E-state index in [1.165, 1.54) is 6.20 Å². The van der Waals surface area contributed by atoms with E-state index in [1.54, 1.807) is 10.9 Å². The van der Waals surface area contributed by atoms with Crippen molar-refractivity contribution in [1.82, 2.24) is 24.7 Å². The minimum absolute atomic E-state index is 0.225. The van der Waals surface area contributed by atoms with Crippen molar-refractivity contribution in [3.8, 4) is 0 Å². The average Bonchev–Trinajstić information content (AvgIpc) is 2.87. The summed E-state index contributed by atoms with van der Waals surface area (Å²) in [6.07, 6.45) is 5.02. The molecule has 0 radical (unpaired) electrons. The highest BCUT2D eigenvalue weighted by Crippen LogP contribution is 2.06. The van der Waals surface area contributed by atoms with Crippen molar-refractivity contribution in [1.29, 1.82) is 0 Å². The smallest absolute Gasteiger partial charge is 0.243 e. The van der Waals surface area contributed by atoms with Gasteiger partial charge in [0, 0.05) is 25.8 Å². The first-order valence-electron chi connectivity index (χ1n) is 7.33. The number of hydrogen-bond acceptors (Lipinski definition) is 5. The Hall–Kier alpha value is -0.960. The molecule has 21 heavy (non-hydrogen) atoms. The molecule has 1 aromatic rings. The minimum atomic E-state index is -3.45. The highest BCUT2D eigenvalue weighted by atomic mass is 32.2. The fraction of sp³-hybridized carbons (Fsp3) is 0.769. The van der Waals surface area contributed by atoms with Crippen LogP contribution in [-0.2, 0) is 16.6 Å². The molecule has 0 aliphatic rings. The number of hydrogen-bond donors (Lipinski definition) is 2. The molecule has 0 spiro atoms. The second-order valence-electron chi connectivity index (χ2n) is 5.24. The molecule has 0 aliphatic heterocycles. The van der Waals surface area contributed by atoms with Crippen molar-refractivity contribution >= 4 is 10.0 Å². The second-order valence-corrected chi connectivity index (χ2v) is 7.01. The number of rotatable bonds is 11. The molecule has 2 N–H and O–H groups in total. The molecular weight excluding hydrogens is 290 g/mol. The van der Waals surface area contributed by atoms with Crippen LogP contribution in [0.25, 0.3) is 0 Å². The number of sulfonamides is 1. The van der Waals surface area contributed by atoms with E-state index >= 15 is 0 Å². The Labute approximate surface area is 127 Å². The third kappa shape index (κ3) is 7.03. The topological polar surface area (TPSA) is 79.3 Å². The van der Waals surface area contributed by atoms with Gasteiger partial charge in [-0.25, -0.2) is 13.1 Å². The lowest BCUT2D eigenvalue weighted by Gasteiger charge is -2.09. The first-order valence-corrected chi connectivity index (χ1v) is 8.81. The van der Waals surface area contributed by atoms with E-state index in [9.17, 15) is 8.42 Å². The molecular formula is C13H27N5O2S. The lowest BCUT2D eigenvalue weighted by atomic mass is 10.4. The van der Waals surface area contributed by atoms with Crippen LogP contribution in [0.1, 0.15) is 19.8 Å². The van der Waals surface area contributed by atoms with Crippen molar-refractivity contribution < 1.29 is 8.42 Å². The zero-order chi connectivity index (χ0) is 15.7. The van der Waals surface area contributed by atoms with Gasteiger partial charge in [0.05, 0.1) is 6.20 Å². The zero-order valence-corrected chi connectivity index (χ0v) is 14.0. The molecule has 1 aromatic heterocycles. The molecule has 122 valence electrons. The standard InChI is InChI=1S/C13H27N5O2S/c1-4-6-14-7-5-9-18-12-13(11-15-18)21(19,20)16-8-10-17(2)3/h11-12,14,16H,4-10H2,1-3H3. The summed E-state index contributed by atoms with van der Waals surface area (Å²) in [5, 5.41) is 7.41. The molecule has 0 unspecified atom stereocenters. The highest BCUT2D eigenvalue weighted by Gasteiger charge is 2.15. The van der Waals surface area contributed by atoms with Crippen LogP contribution >= 0.6 is 0 Å². The molecule has 1 heterocycles. The lowest BCUT2D eigenvalue weighted by molar-refractivity contribution is 0.412. The van der Waals surface area contributed by atoms with Crippen molar-refractivity contribution in [3.63, 3.8) is 0 Å². The fourth-order valence-electron chi connectivity index (χ4n) is 1.76. The Kier molecular flexibility index (Phi) is 7.87. The van der Waals surface area contributed by atoms with Gasteiger partial charge in [-0.2, -0.15) is 5.10 Å². The summed E-state index contributed by atoms with van der Waals surface area (Å²) in [7, 11) is 0.353. The van der Waals surface area contributed by atoms with E-state index < -0.39 is 10.0 Å². The third-order valence-electron chi connectivity index (χ3n) is 2.94. The molecule has 8 heteroatoms. The Balaban J connectivity index is 2.42. The van der Waals surface area contributed by atoms with Crippen molar-refractivity contribution in [2.75, 3.05) is 40.3 Å². The van der Waals surface area contributed by atoms with Gasteiger partial charge in [0.2, 0.25) is 10.0 Å². The zero-order valence-electron chi connectivity index (χ0n) is 13.2. The Morgan fingerprint density at radius 1 is 1.29 bits per heavy atom. The van der Waals surface area contributed by atoms with Crippen LogP contribution in [0, 0.1) is 0 Å². The first kappa shape index (κ1) is 18.1. The predicted octanol–water partition coefficient (Wildman–Crippen LogP) is 0.113. The van der Waals surface area contributed by atoms with Crippen LogP contribution in [0.4, 0.5) is 0 Å². The number of likely N-dealkylation sites (N-methyl/N-ethyl adjacent to an activating group) is 1. The van der Waals surface area contributed by atoms with Gasteiger partial charge in [-0.1, -0.05) is 6.92 Å². The SMILES string of the molecule is CCCNCCCn1cc(S(=O)(=O)NCCN(C)C)cn1. The molecule has 0 atom stereocenters. The van der Waals surface area contributed by atoms with E-state index in [2.05, 4.69) is 22.1 Å². The molecule has 0 amide bonds. The van der Waals surface area contributed by atoms with Crippen molar-refractivity contribution in [2.24, 2.45) is 0 Å². The molecule has 0 saturated heterocycles. The molecule has 0 saturated carbocycles. The van der Waals surface area contributed by atoms with Gasteiger partial charge in [-0.15, -0.1) is 0 Å². The van der Waals surface area contributed by atoms with Gasteiger partial charge in [0.15, 0.2) is 0 Å². The number of aromatic nitrogens is 2. The summed E-state index contributed by atoms with van der Waals surface area (Å²) in [5.74, 6) is 0. The van der Waals surface area contributed by atoms with E-state index in [1.807, 2.05) is 19.0 Å². The largest absolute Gasteiger partial charge is 0.317 e. The summed E-state index contributed by atoms with van der Waals surface area (Å²) in [6.45, 7) is 5.81. The van der Waals surface area contributed by atoms with E-state index in [4.69, 9.17) is 0 Å². The molecule has 0 bridgehead atoms. The van der Waals surface area contributed by atoms with Crippen molar-refractivity contribution in [2.45, 2.75) is 31.2 Å². The van der Waals surface area contributed by atoms with E-state index in [0.717, 1.165) is 25.9 Å². The minimum Gasteiger partial charge on any atom is -0.317 e. The average molecular weight is 317 g/mol. The summed E-state index contributed by atoms with van der Waals surface area (Å²) in [5.41, 5.74) is 0. The second kappa shape index (κ2) is 9.14. The normalized spacial score (nSPS) is 12.2. The maximum Gasteiger partial charge on any atom is 0.243 e. The van der Waals surface area contributed by atoms with Gasteiger partial charge in [0.1, 0.15) is 4.90 Å². The van der Waals surface area contributed by atoms with Crippen molar-refractivity contribution in [3.05, 3.63) is 12.4 Å². The van der Waals surface area contributed by atoms with Gasteiger partial charge in [0.25, 0.3) is 0 Å². The van der Waals surface area contributed by atoms with Crippen LogP contribution in [0.15, 0.2) is 17.3 Å². The number of nitrogens with one attached hydrogen (secondary N) is 2. The summed E-state index contributed by atoms with van der Waals surface area (Å²) in [4.78, 5) is 2.15. The molecule has 0 aliphatic carbocycles. The Bertz CT molecular complexity index is 498. The Morgan fingerprint density at radius 2 is 2.05 bits per heavy atom. The van der Waals surface area contributed by atoms with Gasteiger partial charge in [-0.3, -0.25) is 4.68 Å². The van der Waals surface area contributed by atoms with Gasteiger partial charge in [-0.05, 0) is 40.0 Å². The fourth-order valence-corrected chi connectivity index (χ4v) is 2.73. The number of aryl methyl sites for hydroxylation is 1. The maximum atomic E-state index is 12.0. The van der Waals surface area contributed by atoms with Gasteiger partial charge < -0.3 is 10.2 Å². The van der Waals surface area contributed by atoms with E-state index in [-0.39, 0.29) is 4.90 Å². The van der Waals surface area contributed by atoms with E-state index in [0.29, 0.717) is 19.6 Å². The third-order valence-corrected chi connectivity index (χ3v) is 4.35. The quantitative estimate of drug-likeness (QED) is 0.567. The summed E-state index contributed by atoms with van der Waals surface area (Å²) in [6, 6.07) is 0. The maximum absolute atomic E-state index is 12.0. The van der Waals surface area contributed by atoms with Crippen LogP contribution < -0.4 is 10.0 Å². The summed E-state index contributed by atoms with van der Waals surface area (Å²) >= 11 is 0. The number of nitrogens with zero attached hydrogens (tertiary/aromatic N) is 3. The first-order chi connectivity index (χ1) is 9.95. The van der Waals surface area contributed by atoms with Crippen LogP contribution in [0.3, 0.4) is 0 Å². The molecule has 7 nitrogen and oxygen atoms in total. The predicted molar refractivity (Wildman–Crippen MR) is 83.7 cm³/mol. The highest BCUT2D eigenvalue weighted by molar-refractivity contribution is 7.89.